The van der Waals surface area contributed by atoms with Gasteiger partial charge in [0.25, 0.3) is 0 Å². The van der Waals surface area contributed by atoms with E-state index in [9.17, 15) is 0 Å². The second kappa shape index (κ2) is 6.31. The van der Waals surface area contributed by atoms with Crippen LogP contribution in [-0.2, 0) is 0 Å². The van der Waals surface area contributed by atoms with E-state index in [0.29, 0.717) is 6.04 Å². The molecule has 0 radical (unpaired) electrons. The lowest BCUT2D eigenvalue weighted by molar-refractivity contribution is 0.620. The quantitative estimate of drug-likeness (QED) is 0.807. The number of benzene rings is 1. The average molecular weight is 258 g/mol. The van der Waals surface area contributed by atoms with Gasteiger partial charge in [-0.1, -0.05) is 31.7 Å². The Labute approximate surface area is 117 Å². The summed E-state index contributed by atoms with van der Waals surface area (Å²) in [7, 11) is 0. The predicted molar refractivity (Wildman–Crippen MR) is 83.0 cm³/mol. The maximum absolute atomic E-state index is 3.76. The summed E-state index contributed by atoms with van der Waals surface area (Å²) < 4.78 is 0. The van der Waals surface area contributed by atoms with E-state index in [-0.39, 0.29) is 0 Å². The van der Waals surface area contributed by atoms with Gasteiger partial charge in [-0.3, -0.25) is 0 Å². The smallest absolute Gasteiger partial charge is 0.0386 e. The van der Waals surface area contributed by atoms with Crippen LogP contribution in [-0.4, -0.2) is 19.1 Å². The van der Waals surface area contributed by atoms with Gasteiger partial charge >= 0.3 is 0 Å². The molecule has 0 spiro atoms. The number of nitrogens with one attached hydrogen (secondary N) is 1. The van der Waals surface area contributed by atoms with Crippen molar-refractivity contribution in [2.45, 2.75) is 57.4 Å². The molecule has 1 aliphatic heterocycles. The molecule has 0 aromatic heterocycles. The molecule has 0 atom stereocenters. The van der Waals surface area contributed by atoms with Gasteiger partial charge in [0.05, 0.1) is 0 Å². The van der Waals surface area contributed by atoms with Crippen molar-refractivity contribution < 1.29 is 0 Å². The number of hydrogen-bond donors (Lipinski definition) is 1. The zero-order valence-electron chi connectivity index (χ0n) is 11.9. The molecule has 104 valence electrons. The minimum Gasteiger partial charge on any atom is -0.382 e. The SMILES string of the molecule is c1cc(NC2CCCCCC2)cc(N2CCCC2)c1. The molecular formula is C17H26N2. The van der Waals surface area contributed by atoms with E-state index in [1.807, 2.05) is 0 Å². The monoisotopic (exact) mass is 258 g/mol. The molecule has 3 rings (SSSR count). The van der Waals surface area contributed by atoms with Crippen molar-refractivity contribution in [3.8, 4) is 0 Å². The Morgan fingerprint density at radius 1 is 0.895 bits per heavy atom. The summed E-state index contributed by atoms with van der Waals surface area (Å²) in [5.74, 6) is 0. The van der Waals surface area contributed by atoms with Gasteiger partial charge in [-0.15, -0.1) is 0 Å². The topological polar surface area (TPSA) is 15.3 Å². The fourth-order valence-corrected chi connectivity index (χ4v) is 3.43. The summed E-state index contributed by atoms with van der Waals surface area (Å²) >= 11 is 0. The van der Waals surface area contributed by atoms with Gasteiger partial charge in [-0.2, -0.15) is 0 Å². The molecule has 0 unspecified atom stereocenters. The van der Waals surface area contributed by atoms with Crippen LogP contribution in [0.4, 0.5) is 11.4 Å². The van der Waals surface area contributed by atoms with Crippen LogP contribution >= 0.6 is 0 Å². The zero-order chi connectivity index (χ0) is 12.9. The summed E-state index contributed by atoms with van der Waals surface area (Å²) in [5.41, 5.74) is 2.72. The number of rotatable bonds is 3. The van der Waals surface area contributed by atoms with Crippen LogP contribution in [0.5, 0.6) is 0 Å². The highest BCUT2D eigenvalue weighted by Gasteiger charge is 2.14. The molecule has 19 heavy (non-hydrogen) atoms. The third kappa shape index (κ3) is 3.43. The van der Waals surface area contributed by atoms with Gasteiger partial charge in [-0.05, 0) is 43.9 Å². The fraction of sp³-hybridized carbons (Fsp3) is 0.647. The second-order valence-electron chi connectivity index (χ2n) is 6.08. The Kier molecular flexibility index (Phi) is 4.27. The normalized spacial score (nSPS) is 21.4. The lowest BCUT2D eigenvalue weighted by Gasteiger charge is -2.21. The summed E-state index contributed by atoms with van der Waals surface area (Å²) in [5, 5.41) is 3.76. The summed E-state index contributed by atoms with van der Waals surface area (Å²) in [4.78, 5) is 2.51. The van der Waals surface area contributed by atoms with E-state index in [4.69, 9.17) is 0 Å². The summed E-state index contributed by atoms with van der Waals surface area (Å²) in [6.45, 7) is 2.46. The second-order valence-corrected chi connectivity index (χ2v) is 6.08. The van der Waals surface area contributed by atoms with Crippen molar-refractivity contribution in [2.24, 2.45) is 0 Å². The zero-order valence-corrected chi connectivity index (χ0v) is 11.9. The van der Waals surface area contributed by atoms with Gasteiger partial charge in [0.1, 0.15) is 0 Å². The maximum Gasteiger partial charge on any atom is 0.0386 e. The van der Waals surface area contributed by atoms with Crippen molar-refractivity contribution in [2.75, 3.05) is 23.3 Å². The van der Waals surface area contributed by atoms with E-state index in [1.165, 1.54) is 75.8 Å². The molecule has 1 saturated heterocycles. The number of anilines is 2. The highest BCUT2D eigenvalue weighted by Crippen LogP contribution is 2.26. The van der Waals surface area contributed by atoms with Crippen LogP contribution in [0.1, 0.15) is 51.4 Å². The van der Waals surface area contributed by atoms with Gasteiger partial charge in [0, 0.05) is 30.5 Å². The van der Waals surface area contributed by atoms with E-state index in [1.54, 1.807) is 0 Å². The fourth-order valence-electron chi connectivity index (χ4n) is 3.43. The Hall–Kier alpha value is -1.18. The van der Waals surface area contributed by atoms with Crippen LogP contribution in [0.3, 0.4) is 0 Å². The Balaban J connectivity index is 1.64. The first-order valence-corrected chi connectivity index (χ1v) is 8.03. The van der Waals surface area contributed by atoms with Crippen molar-refractivity contribution in [3.05, 3.63) is 24.3 Å². The molecule has 2 nitrogen and oxygen atoms in total. The van der Waals surface area contributed by atoms with Gasteiger partial charge in [0.15, 0.2) is 0 Å². The first-order valence-electron chi connectivity index (χ1n) is 8.03. The largest absolute Gasteiger partial charge is 0.382 e. The average Bonchev–Trinajstić information content (AvgIpc) is 2.86. The lowest BCUT2D eigenvalue weighted by Crippen LogP contribution is -2.20. The summed E-state index contributed by atoms with van der Waals surface area (Å²) in [6.07, 6.45) is 11.0. The lowest BCUT2D eigenvalue weighted by atomic mass is 10.1. The van der Waals surface area contributed by atoms with Gasteiger partial charge in [-0.25, -0.2) is 0 Å². The number of hydrogen-bond acceptors (Lipinski definition) is 2. The molecule has 1 aromatic rings. The van der Waals surface area contributed by atoms with Crippen LogP contribution in [0.15, 0.2) is 24.3 Å². The molecule has 1 aromatic carbocycles. The van der Waals surface area contributed by atoms with Crippen molar-refractivity contribution in [1.82, 2.24) is 0 Å². The van der Waals surface area contributed by atoms with Crippen LogP contribution in [0.2, 0.25) is 0 Å². The first kappa shape index (κ1) is 12.8. The molecule has 2 aliphatic rings. The highest BCUT2D eigenvalue weighted by atomic mass is 15.1. The Morgan fingerprint density at radius 3 is 2.37 bits per heavy atom. The van der Waals surface area contributed by atoms with Crippen molar-refractivity contribution in [1.29, 1.82) is 0 Å². The molecule has 0 amide bonds. The van der Waals surface area contributed by atoms with Crippen LogP contribution in [0, 0.1) is 0 Å². The molecule has 1 aliphatic carbocycles. The first-order chi connectivity index (χ1) is 9.42. The molecule has 2 heteroatoms. The van der Waals surface area contributed by atoms with E-state index in [0.717, 1.165) is 0 Å². The minimum atomic E-state index is 0.691. The van der Waals surface area contributed by atoms with E-state index >= 15 is 0 Å². The van der Waals surface area contributed by atoms with E-state index in [2.05, 4.69) is 34.5 Å². The minimum absolute atomic E-state index is 0.691. The van der Waals surface area contributed by atoms with E-state index < -0.39 is 0 Å². The summed E-state index contributed by atoms with van der Waals surface area (Å²) in [6, 6.07) is 9.72. The Bertz CT molecular complexity index is 388. The molecule has 1 N–H and O–H groups in total. The molecule has 1 saturated carbocycles. The maximum atomic E-state index is 3.76. The third-order valence-electron chi connectivity index (χ3n) is 4.54. The molecule has 1 heterocycles. The molecule has 0 bridgehead atoms. The Morgan fingerprint density at radius 2 is 1.63 bits per heavy atom. The van der Waals surface area contributed by atoms with Gasteiger partial charge < -0.3 is 10.2 Å². The van der Waals surface area contributed by atoms with Crippen molar-refractivity contribution in [3.63, 3.8) is 0 Å². The highest BCUT2D eigenvalue weighted by molar-refractivity contribution is 5.58. The third-order valence-corrected chi connectivity index (χ3v) is 4.54. The van der Waals surface area contributed by atoms with Crippen molar-refractivity contribution >= 4 is 11.4 Å². The molecular weight excluding hydrogens is 232 g/mol. The molecule has 2 fully saturated rings. The van der Waals surface area contributed by atoms with Gasteiger partial charge in [0.2, 0.25) is 0 Å². The van der Waals surface area contributed by atoms with Crippen LogP contribution in [0.25, 0.3) is 0 Å². The standard InChI is InChI=1S/C17H26N2/c1-2-4-9-15(8-3-1)18-16-10-7-11-17(14-16)19-12-5-6-13-19/h7,10-11,14-15,18H,1-6,8-9,12-13H2. The predicted octanol–water partition coefficient (Wildman–Crippen LogP) is 4.42. The van der Waals surface area contributed by atoms with Crippen LogP contribution < -0.4 is 10.2 Å². The number of nitrogens with zero attached hydrogens (tertiary/aromatic N) is 1.